The molecule has 6 rings (SSSR count). The molecule has 1 saturated heterocycles. The molecule has 1 aliphatic rings. The van der Waals surface area contributed by atoms with E-state index in [0.29, 0.717) is 50.2 Å². The van der Waals surface area contributed by atoms with Crippen LogP contribution in [-0.4, -0.2) is 59.7 Å². The Balaban J connectivity index is 1.45. The predicted octanol–water partition coefficient (Wildman–Crippen LogP) is 8.71. The van der Waals surface area contributed by atoms with Gasteiger partial charge in [0.25, 0.3) is 0 Å². The highest BCUT2D eigenvalue weighted by molar-refractivity contribution is 7.98. The highest BCUT2D eigenvalue weighted by Gasteiger charge is 2.31. The van der Waals surface area contributed by atoms with E-state index in [2.05, 4.69) is 4.90 Å². The number of carbonyl (C=O) groups is 1. The number of amides is 1. The molecule has 0 unspecified atom stereocenters. The number of hydrogen-bond acceptors (Lipinski definition) is 5. The number of aromatic nitrogens is 1. The molecular formula is C41H40F5N3O3S. The van der Waals surface area contributed by atoms with Gasteiger partial charge in [0.15, 0.2) is 17.1 Å². The summed E-state index contributed by atoms with van der Waals surface area (Å²) in [7, 11) is 1.58. The van der Waals surface area contributed by atoms with Gasteiger partial charge >= 0.3 is 6.18 Å². The number of ether oxygens (including phenoxy) is 1. The molecule has 4 aromatic carbocycles. The fraction of sp³-hybridized carbons (Fsp3) is 0.317. The number of carbonyl (C=O) groups excluding carboxylic acids is 1. The molecule has 5 aromatic rings. The average molecular weight is 756 g/mol. The summed E-state index contributed by atoms with van der Waals surface area (Å²) in [5, 5.41) is -0.617. The van der Waals surface area contributed by atoms with Gasteiger partial charge in [0.05, 0.1) is 30.9 Å². The molecule has 0 atom stereocenters. The van der Waals surface area contributed by atoms with Crippen molar-refractivity contribution < 1.29 is 39.7 Å². The minimum absolute atomic E-state index is 0.00274. The van der Waals surface area contributed by atoms with Gasteiger partial charge in [-0.15, -0.1) is 11.8 Å². The molecular weight excluding hydrogens is 710 g/mol. The number of pyridine rings is 1. The normalized spacial score (nSPS) is 16.1. The summed E-state index contributed by atoms with van der Waals surface area (Å²) in [6, 6.07) is 11.3. The van der Waals surface area contributed by atoms with Crippen LogP contribution in [0.3, 0.4) is 0 Å². The molecule has 278 valence electrons. The summed E-state index contributed by atoms with van der Waals surface area (Å²) in [5.74, 6) is -3.43. The molecule has 6 nitrogen and oxygen atoms in total. The molecule has 0 N–H and O–H groups in total. The topological polar surface area (TPSA) is 54.8 Å². The maximum absolute atomic E-state index is 14.9. The highest BCUT2D eigenvalue weighted by Crippen LogP contribution is 2.32. The fourth-order valence-electron chi connectivity index (χ4n) is 6.18. The van der Waals surface area contributed by atoms with Crippen LogP contribution in [0.4, 0.5) is 22.0 Å². The number of benzene rings is 4. The monoisotopic (exact) mass is 755 g/mol. The molecule has 1 aromatic heterocycles. The second-order valence-electron chi connectivity index (χ2n) is 12.7. The first-order valence-corrected chi connectivity index (χ1v) is 17.9. The lowest BCUT2D eigenvalue weighted by Crippen LogP contribution is -2.48. The maximum Gasteiger partial charge on any atom is 0.416 e. The van der Waals surface area contributed by atoms with Crippen LogP contribution in [0, 0.1) is 18.6 Å². The number of hydrogen-bond donors (Lipinski definition) is 0. The van der Waals surface area contributed by atoms with E-state index in [1.54, 1.807) is 7.11 Å². The zero-order valence-corrected chi connectivity index (χ0v) is 29.8. The molecule has 53 heavy (non-hydrogen) atoms. The first-order chi connectivity index (χ1) is 27.9. The summed E-state index contributed by atoms with van der Waals surface area (Å²) in [5.41, 5.74) is -1.22. The van der Waals surface area contributed by atoms with E-state index < -0.39 is 78.0 Å². The first-order valence-electron chi connectivity index (χ1n) is 19.9. The Kier molecular flexibility index (Phi) is 9.71. The predicted molar refractivity (Wildman–Crippen MR) is 198 cm³/mol. The van der Waals surface area contributed by atoms with E-state index in [1.165, 1.54) is 55.5 Å². The van der Waals surface area contributed by atoms with Crippen molar-refractivity contribution in [3.63, 3.8) is 0 Å². The lowest BCUT2D eigenvalue weighted by Gasteiger charge is -2.39. The number of nitrogens with zero attached hydrogens (tertiary/aromatic N) is 3. The number of alkyl halides is 3. The van der Waals surface area contributed by atoms with Crippen molar-refractivity contribution in [2.75, 3.05) is 33.4 Å². The minimum Gasteiger partial charge on any atom is -0.383 e. The summed E-state index contributed by atoms with van der Waals surface area (Å²) < 4.78 is 129. The molecule has 2 heterocycles. The summed E-state index contributed by atoms with van der Waals surface area (Å²) >= 11 is 0.724. The van der Waals surface area contributed by atoms with Crippen LogP contribution >= 0.6 is 11.8 Å². The van der Waals surface area contributed by atoms with Crippen LogP contribution in [0.5, 0.6) is 0 Å². The number of rotatable bonds is 12. The molecule has 0 aliphatic carbocycles. The average Bonchev–Trinajstić information content (AvgIpc) is 3.21. The van der Waals surface area contributed by atoms with E-state index in [9.17, 15) is 34.3 Å². The first kappa shape index (κ1) is 30.9. The number of likely N-dealkylation sites (tertiary alicyclic amines) is 1. The van der Waals surface area contributed by atoms with Crippen LogP contribution in [0.25, 0.3) is 22.0 Å². The van der Waals surface area contributed by atoms with Crippen molar-refractivity contribution in [1.29, 1.82) is 0 Å². The van der Waals surface area contributed by atoms with E-state index in [1.807, 2.05) is 0 Å². The second kappa shape index (κ2) is 16.7. The summed E-state index contributed by atoms with van der Waals surface area (Å²) in [6.07, 6.45) is -3.85. The maximum atomic E-state index is 14.9. The minimum atomic E-state index is -4.52. The van der Waals surface area contributed by atoms with E-state index >= 15 is 0 Å². The molecule has 1 amide bonds. The van der Waals surface area contributed by atoms with Crippen molar-refractivity contribution in [2.24, 2.45) is 0 Å². The van der Waals surface area contributed by atoms with Gasteiger partial charge in [-0.3, -0.25) is 9.59 Å². The van der Waals surface area contributed by atoms with Crippen molar-refractivity contribution in [2.45, 2.75) is 55.8 Å². The van der Waals surface area contributed by atoms with E-state index in [0.717, 1.165) is 39.4 Å². The summed E-state index contributed by atoms with van der Waals surface area (Å²) in [6.45, 7) is 0.130. The van der Waals surface area contributed by atoms with Gasteiger partial charge in [0.1, 0.15) is 6.54 Å². The highest BCUT2D eigenvalue weighted by atomic mass is 32.2. The zero-order valence-electron chi connectivity index (χ0n) is 34.9. The standard InChI is InChI=1S/C41H40F5N3O3S/c1-27-6-15-36-34(22-27)37(50)23-39(53-26-31-4-3-5-35(42)40(31)43)49(36)25-38(51)48(33-16-18-47(19-17-33)20-21-52-2)24-28-7-9-29(10-8-28)30-11-13-32(14-12-30)41(44,45)46/h3-15,22-23,33H,16-21,24-26H2,1-2H3/i6D,15D,22D,23D,24D2. The Bertz CT molecular complexity index is 2430. The lowest BCUT2D eigenvalue weighted by molar-refractivity contribution is -0.137. The third kappa shape index (κ3) is 9.17. The quantitative estimate of drug-likeness (QED) is 0.0943. The molecule has 1 fully saturated rings. The molecule has 1 aliphatic heterocycles. The third-order valence-electron chi connectivity index (χ3n) is 9.05. The van der Waals surface area contributed by atoms with Crippen LogP contribution in [-0.2, 0) is 34.5 Å². The second-order valence-corrected chi connectivity index (χ2v) is 13.6. The largest absolute Gasteiger partial charge is 0.416 e. The fourth-order valence-corrected chi connectivity index (χ4v) is 7.17. The summed E-state index contributed by atoms with van der Waals surface area (Å²) in [4.78, 5) is 31.9. The Hall–Kier alpha value is -4.52. The zero-order chi connectivity index (χ0) is 43.0. The number of fused-ring (bicyclic) bond motifs is 1. The lowest BCUT2D eigenvalue weighted by atomic mass is 10.00. The molecule has 12 heteroatoms. The molecule has 0 radical (unpaired) electrons. The van der Waals surface area contributed by atoms with E-state index in [4.69, 9.17) is 10.2 Å². The molecule has 0 bridgehead atoms. The SMILES string of the molecule is [2H]c1c(C)c([2H])c2c(=O)c([2H])c(SCc3cccc(F)c3F)n(CC(=O)N(C3CCN(CCOC)CC3)C([2H])([2H])c3ccc(-c4ccc(C(F)(F)F)cc4)cc3)c2c1[2H]. The Labute approximate surface area is 317 Å². The third-order valence-corrected chi connectivity index (χ3v) is 10.1. The Morgan fingerprint density at radius 3 is 2.34 bits per heavy atom. The van der Waals surface area contributed by atoms with Gasteiger partial charge in [-0.2, -0.15) is 13.2 Å². The van der Waals surface area contributed by atoms with Crippen LogP contribution < -0.4 is 5.43 Å². The molecule has 0 spiro atoms. The van der Waals surface area contributed by atoms with Gasteiger partial charge in [0.2, 0.25) is 5.91 Å². The van der Waals surface area contributed by atoms with Crippen molar-refractivity contribution in [1.82, 2.24) is 14.4 Å². The van der Waals surface area contributed by atoms with Gasteiger partial charge in [-0.05, 0) is 66.7 Å². The van der Waals surface area contributed by atoms with Gasteiger partial charge in [-0.1, -0.05) is 60.1 Å². The molecule has 0 saturated carbocycles. The van der Waals surface area contributed by atoms with E-state index in [-0.39, 0.29) is 38.4 Å². The van der Waals surface area contributed by atoms with Crippen LogP contribution in [0.2, 0.25) is 0 Å². The van der Waals surface area contributed by atoms with Crippen molar-refractivity contribution in [3.05, 3.63) is 135 Å². The number of piperidine rings is 1. The van der Waals surface area contributed by atoms with Crippen LogP contribution in [0.1, 0.15) is 43.3 Å². The van der Waals surface area contributed by atoms with Gasteiger partial charge in [-0.25, -0.2) is 8.78 Å². The Morgan fingerprint density at radius 1 is 1.00 bits per heavy atom. The van der Waals surface area contributed by atoms with Crippen molar-refractivity contribution >= 4 is 28.6 Å². The van der Waals surface area contributed by atoms with Gasteiger partial charge in [0, 0.05) is 62.0 Å². The number of methoxy groups -OCH3 is 1. The smallest absolute Gasteiger partial charge is 0.383 e. The van der Waals surface area contributed by atoms with Crippen molar-refractivity contribution in [3.8, 4) is 11.1 Å². The Morgan fingerprint density at radius 2 is 1.68 bits per heavy atom. The number of halogens is 5. The van der Waals surface area contributed by atoms with Gasteiger partial charge < -0.3 is 19.1 Å². The number of thioether (sulfide) groups is 1. The van der Waals surface area contributed by atoms with Crippen LogP contribution in [0.15, 0.2) is 101 Å².